The minimum Gasteiger partial charge on any atom is -0.285 e. The number of halogens is 1. The zero-order valence-corrected chi connectivity index (χ0v) is 9.83. The lowest BCUT2D eigenvalue weighted by Crippen LogP contribution is -1.99. The molecular formula is C8H10ClN3O2S. The summed E-state index contributed by atoms with van der Waals surface area (Å²) in [5.74, 6) is 0. The first-order chi connectivity index (χ1) is 6.91. The molecule has 0 fully saturated rings. The molecule has 5 nitrogen and oxygen atoms in total. The van der Waals surface area contributed by atoms with Gasteiger partial charge in [0, 0.05) is 24.8 Å². The predicted molar refractivity (Wildman–Crippen MR) is 57.7 cm³/mol. The van der Waals surface area contributed by atoms with Gasteiger partial charge in [-0.15, -0.1) is 5.11 Å². The van der Waals surface area contributed by atoms with Gasteiger partial charge < -0.3 is 0 Å². The molecule has 15 heavy (non-hydrogen) atoms. The van der Waals surface area contributed by atoms with Gasteiger partial charge in [-0.2, -0.15) is 0 Å². The van der Waals surface area contributed by atoms with Crippen molar-refractivity contribution in [2.75, 3.05) is 14.1 Å². The van der Waals surface area contributed by atoms with Gasteiger partial charge in [0.2, 0.25) is 0 Å². The molecule has 0 unspecified atom stereocenters. The van der Waals surface area contributed by atoms with Gasteiger partial charge in [-0.05, 0) is 12.1 Å². The molecule has 1 aromatic rings. The van der Waals surface area contributed by atoms with E-state index in [1.807, 2.05) is 0 Å². The van der Waals surface area contributed by atoms with Crippen LogP contribution in [0.2, 0.25) is 0 Å². The molecule has 0 bridgehead atoms. The van der Waals surface area contributed by atoms with Crippen LogP contribution in [0.1, 0.15) is 0 Å². The van der Waals surface area contributed by atoms with Crippen molar-refractivity contribution >= 4 is 25.4 Å². The maximum absolute atomic E-state index is 11.1. The lowest BCUT2D eigenvalue weighted by Gasteiger charge is -2.02. The summed E-state index contributed by atoms with van der Waals surface area (Å²) < 4.78 is 22.3. The van der Waals surface area contributed by atoms with E-state index in [0.29, 0.717) is 0 Å². The fourth-order valence-corrected chi connectivity index (χ4v) is 1.87. The highest BCUT2D eigenvalue weighted by atomic mass is 35.7. The second-order valence-electron chi connectivity index (χ2n) is 2.94. The van der Waals surface area contributed by atoms with E-state index in [2.05, 4.69) is 10.3 Å². The summed E-state index contributed by atoms with van der Waals surface area (Å²) in [5, 5.41) is 8.92. The van der Waals surface area contributed by atoms with Crippen LogP contribution in [0.5, 0.6) is 0 Å². The largest absolute Gasteiger partial charge is 0.285 e. The molecule has 7 heteroatoms. The van der Waals surface area contributed by atoms with Crippen LogP contribution in [0.15, 0.2) is 39.5 Å². The van der Waals surface area contributed by atoms with Crippen LogP contribution in [-0.2, 0) is 9.05 Å². The second-order valence-corrected chi connectivity index (χ2v) is 5.48. The number of benzene rings is 1. The van der Waals surface area contributed by atoms with E-state index in [-0.39, 0.29) is 10.6 Å². The standard InChI is InChI=1S/C8H10ClN3O2S/c1-12(2)11-10-7-5-3-4-6-8(7)15(9,13)14/h3-6H,1-2H3/b11-10+. The van der Waals surface area contributed by atoms with Gasteiger partial charge in [0.15, 0.2) is 0 Å². The van der Waals surface area contributed by atoms with Gasteiger partial charge >= 0.3 is 0 Å². The molecule has 0 atom stereocenters. The third-order valence-corrected chi connectivity index (χ3v) is 2.83. The van der Waals surface area contributed by atoms with E-state index in [4.69, 9.17) is 10.7 Å². The molecule has 0 saturated heterocycles. The van der Waals surface area contributed by atoms with Crippen molar-refractivity contribution in [3.8, 4) is 0 Å². The van der Waals surface area contributed by atoms with E-state index in [9.17, 15) is 8.42 Å². The molecule has 0 heterocycles. The van der Waals surface area contributed by atoms with E-state index in [1.54, 1.807) is 26.2 Å². The number of hydrogen-bond acceptors (Lipinski definition) is 4. The summed E-state index contributed by atoms with van der Waals surface area (Å²) >= 11 is 0. The summed E-state index contributed by atoms with van der Waals surface area (Å²) in [4.78, 5) is -0.0442. The SMILES string of the molecule is CN(C)/N=N/c1ccccc1S(=O)(=O)Cl. The van der Waals surface area contributed by atoms with Gasteiger partial charge in [0.25, 0.3) is 9.05 Å². The van der Waals surface area contributed by atoms with Gasteiger partial charge in [-0.3, -0.25) is 5.01 Å². The summed E-state index contributed by atoms with van der Waals surface area (Å²) in [7, 11) is 4.82. The Balaban J connectivity index is 3.19. The predicted octanol–water partition coefficient (Wildman–Crippen LogP) is 2.17. The van der Waals surface area contributed by atoms with Crippen molar-refractivity contribution in [1.82, 2.24) is 5.01 Å². The number of nitrogens with zero attached hydrogens (tertiary/aromatic N) is 3. The van der Waals surface area contributed by atoms with Crippen LogP contribution in [0, 0.1) is 0 Å². The molecule has 0 aliphatic carbocycles. The smallest absolute Gasteiger partial charge is 0.263 e. The highest BCUT2D eigenvalue weighted by Gasteiger charge is 2.14. The van der Waals surface area contributed by atoms with Crippen molar-refractivity contribution < 1.29 is 8.42 Å². The Morgan fingerprint density at radius 2 is 1.87 bits per heavy atom. The third-order valence-electron chi connectivity index (χ3n) is 1.46. The Morgan fingerprint density at radius 1 is 1.27 bits per heavy atom. The Labute approximate surface area is 92.8 Å². The van der Waals surface area contributed by atoms with E-state index >= 15 is 0 Å². The maximum Gasteiger partial charge on any atom is 0.263 e. The average molecular weight is 248 g/mol. The molecule has 0 amide bonds. The Bertz CT molecular complexity index is 471. The summed E-state index contributed by atoms with van der Waals surface area (Å²) in [6.45, 7) is 0. The zero-order valence-electron chi connectivity index (χ0n) is 8.25. The molecule has 0 aliphatic rings. The monoisotopic (exact) mass is 247 g/mol. The van der Waals surface area contributed by atoms with Crippen LogP contribution < -0.4 is 0 Å². The van der Waals surface area contributed by atoms with Gasteiger partial charge in [0.05, 0.1) is 0 Å². The minimum atomic E-state index is -3.78. The van der Waals surface area contributed by atoms with Gasteiger partial charge in [0.1, 0.15) is 10.6 Å². The normalized spacial score (nSPS) is 11.9. The topological polar surface area (TPSA) is 62.1 Å². The molecule has 0 spiro atoms. The second kappa shape index (κ2) is 4.59. The fourth-order valence-electron chi connectivity index (χ4n) is 0.884. The third kappa shape index (κ3) is 3.49. The minimum absolute atomic E-state index is 0.0442. The molecule has 0 N–H and O–H groups in total. The first-order valence-electron chi connectivity index (χ1n) is 4.04. The summed E-state index contributed by atoms with van der Waals surface area (Å²) in [5.41, 5.74) is 0.223. The molecule has 0 aromatic heterocycles. The van der Waals surface area contributed by atoms with Gasteiger partial charge in [-0.1, -0.05) is 17.4 Å². The van der Waals surface area contributed by atoms with Crippen molar-refractivity contribution in [2.24, 2.45) is 10.3 Å². The van der Waals surface area contributed by atoms with Crippen LogP contribution >= 0.6 is 10.7 Å². The molecular weight excluding hydrogens is 238 g/mol. The summed E-state index contributed by atoms with van der Waals surface area (Å²) in [6.07, 6.45) is 0. The fraction of sp³-hybridized carbons (Fsp3) is 0.250. The molecule has 82 valence electrons. The van der Waals surface area contributed by atoms with Crippen LogP contribution in [0.25, 0.3) is 0 Å². The first-order valence-corrected chi connectivity index (χ1v) is 6.35. The van der Waals surface area contributed by atoms with E-state index in [0.717, 1.165) is 0 Å². The van der Waals surface area contributed by atoms with E-state index in [1.165, 1.54) is 17.1 Å². The Kier molecular flexibility index (Phi) is 3.65. The van der Waals surface area contributed by atoms with Crippen LogP contribution in [-0.4, -0.2) is 27.5 Å². The molecule has 1 rings (SSSR count). The van der Waals surface area contributed by atoms with Crippen LogP contribution in [0.4, 0.5) is 5.69 Å². The quantitative estimate of drug-likeness (QED) is 0.467. The molecule has 1 aromatic carbocycles. The Morgan fingerprint density at radius 3 is 2.40 bits per heavy atom. The number of hydrogen-bond donors (Lipinski definition) is 0. The Hall–Kier alpha value is -1.14. The molecule has 0 aliphatic heterocycles. The van der Waals surface area contributed by atoms with E-state index < -0.39 is 9.05 Å². The zero-order chi connectivity index (χ0) is 11.5. The highest BCUT2D eigenvalue weighted by Crippen LogP contribution is 2.26. The lowest BCUT2D eigenvalue weighted by molar-refractivity contribution is 0.408. The van der Waals surface area contributed by atoms with Crippen molar-refractivity contribution in [3.63, 3.8) is 0 Å². The molecule has 0 saturated carbocycles. The highest BCUT2D eigenvalue weighted by molar-refractivity contribution is 8.13. The lowest BCUT2D eigenvalue weighted by atomic mass is 10.3. The van der Waals surface area contributed by atoms with Crippen molar-refractivity contribution in [3.05, 3.63) is 24.3 Å². The maximum atomic E-state index is 11.1. The van der Waals surface area contributed by atoms with Gasteiger partial charge in [-0.25, -0.2) is 8.42 Å². The van der Waals surface area contributed by atoms with Crippen molar-refractivity contribution in [1.29, 1.82) is 0 Å². The summed E-state index contributed by atoms with van der Waals surface area (Å²) in [6, 6.07) is 6.15. The van der Waals surface area contributed by atoms with Crippen molar-refractivity contribution in [2.45, 2.75) is 4.90 Å². The number of rotatable bonds is 3. The molecule has 0 radical (unpaired) electrons. The first kappa shape index (κ1) is 11.9. The van der Waals surface area contributed by atoms with Crippen LogP contribution in [0.3, 0.4) is 0 Å². The average Bonchev–Trinajstić information content (AvgIpc) is 2.13.